The number of benzene rings is 2. The molecule has 45 heavy (non-hydrogen) atoms. The number of hydrogen-bond donors (Lipinski definition) is 1. The maximum Gasteiger partial charge on any atom is 0.164 e. The molecule has 0 saturated carbocycles. The predicted molar refractivity (Wildman–Crippen MR) is 186 cm³/mol. The molecule has 0 bridgehead atoms. The zero-order chi connectivity index (χ0) is 33.0. The number of fused-ring (bicyclic) bond motifs is 3. The van der Waals surface area contributed by atoms with E-state index >= 15 is 0 Å². The Morgan fingerprint density at radius 2 is 1.49 bits per heavy atom. The quantitative estimate of drug-likeness (QED) is 0.0987. The molecule has 0 fully saturated rings. The number of ketones is 1. The van der Waals surface area contributed by atoms with Crippen LogP contribution in [0.4, 0.5) is 0 Å². The van der Waals surface area contributed by atoms with Gasteiger partial charge in [0.25, 0.3) is 0 Å². The van der Waals surface area contributed by atoms with Gasteiger partial charge in [0.05, 0.1) is 5.52 Å². The largest absolute Gasteiger partial charge is 0.512 e. The van der Waals surface area contributed by atoms with Crippen molar-refractivity contribution in [1.29, 1.82) is 0 Å². The summed E-state index contributed by atoms with van der Waals surface area (Å²) in [5, 5.41) is 12.3. The third kappa shape index (κ3) is 8.74. The second-order valence-electron chi connectivity index (χ2n) is 13.7. The molecule has 0 atom stereocenters. The summed E-state index contributed by atoms with van der Waals surface area (Å²) in [5.74, 6) is 1.86. The van der Waals surface area contributed by atoms with Crippen molar-refractivity contribution >= 4 is 27.7 Å². The van der Waals surface area contributed by atoms with Gasteiger partial charge in [0, 0.05) is 54.2 Å². The van der Waals surface area contributed by atoms with Gasteiger partial charge in [0.1, 0.15) is 17.1 Å². The predicted octanol–water partition coefficient (Wildman–Crippen LogP) is 11.5. The third-order valence-corrected chi connectivity index (χ3v) is 9.57. The summed E-state index contributed by atoms with van der Waals surface area (Å²) >= 11 is 0. The number of furan rings is 1. The molecule has 1 N–H and O–H groups in total. The van der Waals surface area contributed by atoms with Crippen LogP contribution < -0.4 is 0 Å². The fourth-order valence-electron chi connectivity index (χ4n) is 5.73. The molecule has 4 aromatic rings. The van der Waals surface area contributed by atoms with Crippen LogP contribution >= 0.6 is 0 Å². The Morgan fingerprint density at radius 3 is 2.02 bits per heavy atom. The first-order valence-electron chi connectivity index (χ1n) is 16.4. The van der Waals surface area contributed by atoms with Crippen molar-refractivity contribution in [3.05, 3.63) is 76.2 Å². The van der Waals surface area contributed by atoms with Gasteiger partial charge in [-0.25, -0.2) is 0 Å². The first kappa shape index (κ1) is 38.4. The van der Waals surface area contributed by atoms with Gasteiger partial charge in [-0.05, 0) is 74.4 Å². The molecule has 0 unspecified atom stereocenters. The third-order valence-electron chi connectivity index (χ3n) is 9.57. The number of aromatic nitrogens is 1. The maximum atomic E-state index is 12.2. The van der Waals surface area contributed by atoms with Gasteiger partial charge in [-0.15, -0.1) is 34.9 Å². The molecule has 2 aromatic heterocycles. The molecule has 0 aliphatic carbocycles. The average Bonchev–Trinajstić information content (AvgIpc) is 3.37. The molecule has 0 amide bonds. The van der Waals surface area contributed by atoms with Crippen LogP contribution in [0.3, 0.4) is 0 Å². The van der Waals surface area contributed by atoms with Gasteiger partial charge in [0.2, 0.25) is 0 Å². The Kier molecular flexibility index (Phi) is 13.4. The molecule has 0 spiro atoms. The van der Waals surface area contributed by atoms with Crippen LogP contribution in [-0.2, 0) is 31.3 Å². The first-order valence-corrected chi connectivity index (χ1v) is 16.4. The van der Waals surface area contributed by atoms with Crippen molar-refractivity contribution in [2.45, 2.75) is 115 Å². The van der Waals surface area contributed by atoms with Crippen LogP contribution in [0.25, 0.3) is 33.1 Å². The molecule has 4 rings (SSSR count). The summed E-state index contributed by atoms with van der Waals surface area (Å²) in [6, 6.07) is 14.3. The summed E-state index contributed by atoms with van der Waals surface area (Å²) in [5.41, 5.74) is 8.13. The molecule has 5 heteroatoms. The van der Waals surface area contributed by atoms with Crippen LogP contribution in [0.5, 0.6) is 0 Å². The van der Waals surface area contributed by atoms with E-state index in [1.807, 2.05) is 41.5 Å². The topological polar surface area (TPSA) is 63.3 Å². The minimum Gasteiger partial charge on any atom is -0.512 e. The van der Waals surface area contributed by atoms with E-state index in [0.29, 0.717) is 5.92 Å². The van der Waals surface area contributed by atoms with E-state index in [2.05, 4.69) is 77.9 Å². The number of pyridine rings is 1. The molecule has 4 nitrogen and oxygen atoms in total. The fourth-order valence-corrected chi connectivity index (χ4v) is 5.73. The van der Waals surface area contributed by atoms with E-state index in [9.17, 15) is 9.90 Å². The molecule has 0 saturated heterocycles. The van der Waals surface area contributed by atoms with Crippen molar-refractivity contribution in [3.8, 4) is 11.3 Å². The second-order valence-corrected chi connectivity index (χ2v) is 13.7. The average molecular weight is 789 g/mol. The maximum absolute atomic E-state index is 12.2. The van der Waals surface area contributed by atoms with Gasteiger partial charge in [-0.3, -0.25) is 9.78 Å². The Balaban J connectivity index is 0.000000343. The minimum absolute atomic E-state index is 0. The number of rotatable bonds is 10. The number of aryl methyl sites for hydroxylation is 4. The summed E-state index contributed by atoms with van der Waals surface area (Å²) < 4.78 is 6.38. The molecule has 0 aliphatic rings. The van der Waals surface area contributed by atoms with E-state index in [1.54, 1.807) is 0 Å². The Bertz CT molecular complexity index is 1630. The smallest absolute Gasteiger partial charge is 0.164 e. The monoisotopic (exact) mass is 789 g/mol. The van der Waals surface area contributed by atoms with Crippen molar-refractivity contribution in [2.24, 2.45) is 16.7 Å². The van der Waals surface area contributed by atoms with Gasteiger partial charge < -0.3 is 9.52 Å². The van der Waals surface area contributed by atoms with Crippen molar-refractivity contribution in [2.75, 3.05) is 0 Å². The molecule has 1 radical (unpaired) electrons. The van der Waals surface area contributed by atoms with Crippen molar-refractivity contribution in [3.63, 3.8) is 0 Å². The Hall–Kier alpha value is -2.75. The first-order chi connectivity index (χ1) is 20.6. The van der Waals surface area contributed by atoms with Crippen molar-refractivity contribution < 1.29 is 34.4 Å². The molecule has 2 aromatic carbocycles. The zero-order valence-electron chi connectivity index (χ0n) is 29.6. The molecular formula is C40H54IrNO3-. The summed E-state index contributed by atoms with van der Waals surface area (Å²) in [7, 11) is 0. The number of carbonyl (C=O) groups is 1. The summed E-state index contributed by atoms with van der Waals surface area (Å²) in [6.45, 7) is 25.0. The number of nitrogens with zero attached hydrogens (tertiary/aromatic N) is 1. The van der Waals surface area contributed by atoms with E-state index in [4.69, 9.17) is 9.40 Å². The SMILES string of the molecule is CCC(C)(CC)C(=O)/C=C(\O)C(C)(CC)CC.Cc1[c-]c(-c2nc3cc(C)cc(C)c3c3oc(CC(C)C)cc23)cc(C)c1.[Ir]. The Labute approximate surface area is 285 Å². The molecule has 2 heterocycles. The molecule has 247 valence electrons. The zero-order valence-corrected chi connectivity index (χ0v) is 32.0. The Morgan fingerprint density at radius 1 is 0.911 bits per heavy atom. The number of aliphatic hydroxyl groups is 1. The second kappa shape index (κ2) is 15.7. The standard InChI is InChI=1S/C25H26NO.C15H28O2.Ir/c1-14(2)7-20-13-21-24(19-10-15(3)8-16(4)11-19)26-22-12-17(5)9-18(6)23(22)25(21)27-20;1-7-14(5,8-2)12(16)11-13(17)15(6,9-3)10-4;/h8-10,12-14H,7H2,1-6H3;11,16H,7-10H2,1-6H3;/q-1;;/b;12-11-;. The minimum atomic E-state index is -0.337. The van der Waals surface area contributed by atoms with Crippen LogP contribution in [-0.4, -0.2) is 15.9 Å². The van der Waals surface area contributed by atoms with Gasteiger partial charge >= 0.3 is 0 Å². The number of aliphatic hydroxyl groups excluding tert-OH is 1. The van der Waals surface area contributed by atoms with E-state index in [1.165, 1.54) is 22.8 Å². The van der Waals surface area contributed by atoms with E-state index in [0.717, 1.165) is 76.6 Å². The number of carbonyl (C=O) groups excluding carboxylic acids is 1. The molecular weight excluding hydrogens is 735 g/mol. The van der Waals surface area contributed by atoms with Crippen LogP contribution in [0.1, 0.15) is 109 Å². The van der Waals surface area contributed by atoms with Crippen LogP contribution in [0, 0.1) is 50.5 Å². The summed E-state index contributed by atoms with van der Waals surface area (Å²) in [4.78, 5) is 17.3. The summed E-state index contributed by atoms with van der Waals surface area (Å²) in [6.07, 6.45) is 5.68. The van der Waals surface area contributed by atoms with E-state index in [-0.39, 0.29) is 42.5 Å². The molecule has 0 aliphatic heterocycles. The fraction of sp³-hybridized carbons (Fsp3) is 0.500. The number of hydrogen-bond acceptors (Lipinski definition) is 4. The van der Waals surface area contributed by atoms with Gasteiger partial charge in [0.15, 0.2) is 5.78 Å². The van der Waals surface area contributed by atoms with Gasteiger partial charge in [-0.1, -0.05) is 75.3 Å². The van der Waals surface area contributed by atoms with Crippen LogP contribution in [0.15, 0.2) is 46.6 Å². The van der Waals surface area contributed by atoms with Crippen molar-refractivity contribution in [1.82, 2.24) is 4.98 Å². The van der Waals surface area contributed by atoms with Gasteiger partial charge in [-0.2, -0.15) is 0 Å². The number of allylic oxidation sites excluding steroid dienone is 2. The van der Waals surface area contributed by atoms with Crippen LogP contribution in [0.2, 0.25) is 0 Å². The normalized spacial score (nSPS) is 12.3. The van der Waals surface area contributed by atoms with E-state index < -0.39 is 0 Å².